The van der Waals surface area contributed by atoms with Gasteiger partial charge in [-0.2, -0.15) is 0 Å². The van der Waals surface area contributed by atoms with Crippen molar-refractivity contribution >= 4 is 17.7 Å². The molecule has 1 amide bonds. The van der Waals surface area contributed by atoms with E-state index in [9.17, 15) is 9.59 Å². The molecule has 0 bridgehead atoms. The molecule has 6 heteroatoms. The van der Waals surface area contributed by atoms with Crippen molar-refractivity contribution in [2.45, 2.75) is 24.7 Å². The second kappa shape index (κ2) is 8.68. The van der Waals surface area contributed by atoms with Gasteiger partial charge in [-0.25, -0.2) is 4.98 Å². The zero-order valence-corrected chi connectivity index (χ0v) is 16.1. The van der Waals surface area contributed by atoms with Crippen LogP contribution in [0, 0.1) is 0 Å². The van der Waals surface area contributed by atoms with Gasteiger partial charge in [0.1, 0.15) is 6.54 Å². The van der Waals surface area contributed by atoms with E-state index in [1.165, 1.54) is 22.4 Å². The molecular weight excluding hydrogens is 358 g/mol. The summed E-state index contributed by atoms with van der Waals surface area (Å²) in [4.78, 5) is 29.6. The molecule has 0 saturated carbocycles. The molecule has 0 aliphatic heterocycles. The van der Waals surface area contributed by atoms with E-state index in [1.54, 1.807) is 0 Å². The summed E-state index contributed by atoms with van der Waals surface area (Å²) in [6.07, 6.45) is 1.84. The van der Waals surface area contributed by atoms with Gasteiger partial charge in [-0.15, -0.1) is 0 Å². The lowest BCUT2D eigenvalue weighted by atomic mass is 10.1. The Morgan fingerprint density at radius 3 is 2.37 bits per heavy atom. The van der Waals surface area contributed by atoms with Crippen molar-refractivity contribution in [1.82, 2.24) is 14.9 Å². The molecule has 0 fully saturated rings. The van der Waals surface area contributed by atoms with Gasteiger partial charge >= 0.3 is 0 Å². The Kier molecular flexibility index (Phi) is 6.08. The molecule has 0 saturated heterocycles. The Bertz CT molecular complexity index is 972. The first kappa shape index (κ1) is 18.9. The van der Waals surface area contributed by atoms with Gasteiger partial charge in [0.2, 0.25) is 5.91 Å². The molecule has 1 N–H and O–H groups in total. The minimum Gasteiger partial charge on any atom is -0.348 e. The third kappa shape index (κ3) is 4.65. The highest BCUT2D eigenvalue weighted by Gasteiger charge is 2.15. The molecule has 5 nitrogen and oxygen atoms in total. The Balaban J connectivity index is 1.80. The molecule has 1 aromatic heterocycles. The van der Waals surface area contributed by atoms with Crippen LogP contribution in [0.25, 0.3) is 11.3 Å². The fraction of sp³-hybridized carbons (Fsp3) is 0.190. The van der Waals surface area contributed by atoms with E-state index in [0.717, 1.165) is 11.1 Å². The van der Waals surface area contributed by atoms with E-state index in [0.29, 0.717) is 10.9 Å². The zero-order valence-electron chi connectivity index (χ0n) is 15.3. The van der Waals surface area contributed by atoms with Crippen molar-refractivity contribution in [1.29, 1.82) is 0 Å². The summed E-state index contributed by atoms with van der Waals surface area (Å²) in [5.41, 5.74) is 2.26. The van der Waals surface area contributed by atoms with Gasteiger partial charge in [0.15, 0.2) is 5.16 Å². The van der Waals surface area contributed by atoms with Gasteiger partial charge in [0.05, 0.1) is 11.7 Å². The SMILES string of the molecule is CSc1nc(-c2ccccc2)cc(=O)n1CC(=O)N[C@@H](C)c1ccccc1. The van der Waals surface area contributed by atoms with Gasteiger partial charge in [0.25, 0.3) is 5.56 Å². The van der Waals surface area contributed by atoms with Gasteiger partial charge in [-0.05, 0) is 18.7 Å². The normalized spacial score (nSPS) is 11.8. The molecule has 3 aromatic rings. The van der Waals surface area contributed by atoms with Crippen LogP contribution in [0.3, 0.4) is 0 Å². The monoisotopic (exact) mass is 379 g/mol. The predicted octanol–water partition coefficient (Wildman–Crippen LogP) is 3.51. The second-order valence-electron chi connectivity index (χ2n) is 6.12. The largest absolute Gasteiger partial charge is 0.348 e. The molecule has 3 rings (SSSR count). The Morgan fingerprint density at radius 2 is 1.74 bits per heavy atom. The molecule has 0 spiro atoms. The van der Waals surface area contributed by atoms with Crippen molar-refractivity contribution < 1.29 is 4.79 Å². The first-order valence-corrected chi connectivity index (χ1v) is 9.86. The number of amides is 1. The summed E-state index contributed by atoms with van der Waals surface area (Å²) in [6.45, 7) is 1.86. The maximum Gasteiger partial charge on any atom is 0.255 e. The van der Waals surface area contributed by atoms with Crippen molar-refractivity contribution in [3.63, 3.8) is 0 Å². The van der Waals surface area contributed by atoms with E-state index in [1.807, 2.05) is 73.8 Å². The second-order valence-corrected chi connectivity index (χ2v) is 6.89. The zero-order chi connectivity index (χ0) is 19.2. The van der Waals surface area contributed by atoms with Crippen LogP contribution in [0.1, 0.15) is 18.5 Å². The lowest BCUT2D eigenvalue weighted by Gasteiger charge is -2.16. The van der Waals surface area contributed by atoms with E-state index in [2.05, 4.69) is 10.3 Å². The maximum atomic E-state index is 12.6. The van der Waals surface area contributed by atoms with Crippen LogP contribution in [0.4, 0.5) is 0 Å². The Labute approximate surface area is 162 Å². The van der Waals surface area contributed by atoms with Crippen LogP contribution >= 0.6 is 11.8 Å². The summed E-state index contributed by atoms with van der Waals surface area (Å²) in [5.74, 6) is -0.224. The number of hydrogen-bond donors (Lipinski definition) is 1. The molecule has 2 aromatic carbocycles. The van der Waals surface area contributed by atoms with E-state index >= 15 is 0 Å². The highest BCUT2D eigenvalue weighted by Crippen LogP contribution is 2.19. The van der Waals surface area contributed by atoms with Gasteiger partial charge < -0.3 is 5.32 Å². The van der Waals surface area contributed by atoms with Gasteiger partial charge in [-0.3, -0.25) is 14.2 Å². The lowest BCUT2D eigenvalue weighted by molar-refractivity contribution is -0.122. The van der Waals surface area contributed by atoms with Crippen LogP contribution in [-0.4, -0.2) is 21.7 Å². The topological polar surface area (TPSA) is 64.0 Å². The fourth-order valence-corrected chi connectivity index (χ4v) is 3.36. The number of hydrogen-bond acceptors (Lipinski definition) is 4. The third-order valence-corrected chi connectivity index (χ3v) is 4.88. The predicted molar refractivity (Wildman–Crippen MR) is 109 cm³/mol. The average Bonchev–Trinajstić information content (AvgIpc) is 2.70. The number of carbonyl (C=O) groups is 1. The van der Waals surface area contributed by atoms with Gasteiger partial charge in [0, 0.05) is 11.6 Å². The van der Waals surface area contributed by atoms with Crippen LogP contribution in [0.2, 0.25) is 0 Å². The first-order valence-electron chi connectivity index (χ1n) is 8.64. The van der Waals surface area contributed by atoms with Crippen LogP contribution < -0.4 is 10.9 Å². The highest BCUT2D eigenvalue weighted by molar-refractivity contribution is 7.98. The fourth-order valence-electron chi connectivity index (χ4n) is 2.80. The van der Waals surface area contributed by atoms with Crippen LogP contribution in [0.5, 0.6) is 0 Å². The molecule has 0 aliphatic carbocycles. The van der Waals surface area contributed by atoms with Gasteiger partial charge in [-0.1, -0.05) is 72.4 Å². The molecular formula is C21H21N3O2S. The number of benzene rings is 2. The number of thioether (sulfide) groups is 1. The summed E-state index contributed by atoms with van der Waals surface area (Å²) in [6, 6.07) is 20.6. The molecule has 1 atom stereocenters. The number of aromatic nitrogens is 2. The van der Waals surface area contributed by atoms with E-state index in [-0.39, 0.29) is 24.1 Å². The van der Waals surface area contributed by atoms with E-state index in [4.69, 9.17) is 0 Å². The maximum absolute atomic E-state index is 12.6. The van der Waals surface area contributed by atoms with Crippen LogP contribution in [-0.2, 0) is 11.3 Å². The minimum absolute atomic E-state index is 0.0613. The molecule has 0 unspecified atom stereocenters. The third-order valence-electron chi connectivity index (χ3n) is 4.20. The number of rotatable bonds is 6. The average molecular weight is 379 g/mol. The van der Waals surface area contributed by atoms with Crippen molar-refractivity contribution in [3.8, 4) is 11.3 Å². The molecule has 1 heterocycles. The number of nitrogens with zero attached hydrogens (tertiary/aromatic N) is 2. The van der Waals surface area contributed by atoms with Crippen molar-refractivity contribution in [2.75, 3.05) is 6.26 Å². The highest BCUT2D eigenvalue weighted by atomic mass is 32.2. The first-order chi connectivity index (χ1) is 13.1. The summed E-state index contributed by atoms with van der Waals surface area (Å²) in [7, 11) is 0. The summed E-state index contributed by atoms with van der Waals surface area (Å²) >= 11 is 1.35. The number of carbonyl (C=O) groups excluding carboxylic acids is 1. The van der Waals surface area contributed by atoms with E-state index < -0.39 is 0 Å². The Hall–Kier alpha value is -2.86. The summed E-state index contributed by atoms with van der Waals surface area (Å²) < 4.78 is 1.41. The smallest absolute Gasteiger partial charge is 0.255 e. The quantitative estimate of drug-likeness (QED) is 0.526. The lowest BCUT2D eigenvalue weighted by Crippen LogP contribution is -2.34. The van der Waals surface area contributed by atoms with Crippen molar-refractivity contribution in [2.24, 2.45) is 0 Å². The van der Waals surface area contributed by atoms with Crippen molar-refractivity contribution in [3.05, 3.63) is 82.6 Å². The Morgan fingerprint density at radius 1 is 1.11 bits per heavy atom. The molecule has 27 heavy (non-hydrogen) atoms. The molecule has 138 valence electrons. The number of nitrogens with one attached hydrogen (secondary N) is 1. The molecule has 0 radical (unpaired) electrons. The van der Waals surface area contributed by atoms with Crippen LogP contribution in [0.15, 0.2) is 76.7 Å². The standard InChI is InChI=1S/C21H21N3O2S/c1-15(16-9-5-3-6-10-16)22-19(25)14-24-20(26)13-18(23-21(24)27-2)17-11-7-4-8-12-17/h3-13,15H,14H2,1-2H3,(H,22,25)/t15-/m0/s1. The minimum atomic E-state index is -0.240. The summed E-state index contributed by atoms with van der Waals surface area (Å²) in [5, 5.41) is 3.45. The molecule has 0 aliphatic rings.